The Kier molecular flexibility index (Phi) is 6.77. The first-order valence-corrected chi connectivity index (χ1v) is 10.6. The van der Waals surface area contributed by atoms with Gasteiger partial charge < -0.3 is 10.2 Å². The standard InChI is InChI=1S/C25H29FN4O2/c1-17(2)29(24(32)19-13-9-10-14-20(19)26)16-23(31)27-22-15-21(25(3,4)5)28-30(22)18-11-7-6-8-12-18/h6-15,17H,16H2,1-5H3,(H,27,31). The van der Waals surface area contributed by atoms with E-state index >= 15 is 0 Å². The molecule has 1 N–H and O–H groups in total. The van der Waals surface area contributed by atoms with Gasteiger partial charge in [-0.1, -0.05) is 51.1 Å². The van der Waals surface area contributed by atoms with Crippen molar-refractivity contribution in [2.24, 2.45) is 0 Å². The van der Waals surface area contributed by atoms with Crippen molar-refractivity contribution in [2.75, 3.05) is 11.9 Å². The van der Waals surface area contributed by atoms with E-state index in [2.05, 4.69) is 10.4 Å². The molecule has 0 bridgehead atoms. The molecule has 6 nitrogen and oxygen atoms in total. The molecule has 1 aromatic heterocycles. The molecular formula is C25H29FN4O2. The van der Waals surface area contributed by atoms with Gasteiger partial charge in [0.05, 0.1) is 16.9 Å². The van der Waals surface area contributed by atoms with Gasteiger partial charge in [0.15, 0.2) is 0 Å². The van der Waals surface area contributed by atoms with Gasteiger partial charge in [-0.2, -0.15) is 5.10 Å². The summed E-state index contributed by atoms with van der Waals surface area (Å²) in [5, 5.41) is 7.57. The van der Waals surface area contributed by atoms with E-state index in [-0.39, 0.29) is 29.5 Å². The van der Waals surface area contributed by atoms with Gasteiger partial charge in [0, 0.05) is 17.5 Å². The van der Waals surface area contributed by atoms with Crippen molar-refractivity contribution in [3.05, 3.63) is 77.7 Å². The van der Waals surface area contributed by atoms with Crippen LogP contribution in [0.2, 0.25) is 0 Å². The maximum absolute atomic E-state index is 14.1. The van der Waals surface area contributed by atoms with Gasteiger partial charge in [-0.3, -0.25) is 9.59 Å². The minimum Gasteiger partial charge on any atom is -0.327 e. The molecule has 0 fully saturated rings. The number of rotatable bonds is 6. The van der Waals surface area contributed by atoms with Crippen LogP contribution in [0.1, 0.15) is 50.7 Å². The largest absolute Gasteiger partial charge is 0.327 e. The first-order chi connectivity index (χ1) is 15.1. The molecular weight excluding hydrogens is 407 g/mol. The minimum absolute atomic E-state index is 0.0571. The fourth-order valence-corrected chi connectivity index (χ4v) is 3.22. The summed E-state index contributed by atoms with van der Waals surface area (Å²) in [6, 6.07) is 16.8. The Balaban J connectivity index is 1.86. The first kappa shape index (κ1) is 23.2. The number of para-hydroxylation sites is 1. The summed E-state index contributed by atoms with van der Waals surface area (Å²) in [5.74, 6) is -1.02. The molecule has 1 heterocycles. The van der Waals surface area contributed by atoms with Gasteiger partial charge in [0.1, 0.15) is 18.2 Å². The molecule has 0 aliphatic carbocycles. The van der Waals surface area contributed by atoms with Crippen molar-refractivity contribution in [1.82, 2.24) is 14.7 Å². The number of nitrogens with zero attached hydrogens (tertiary/aromatic N) is 3. The van der Waals surface area contributed by atoms with Crippen LogP contribution in [-0.4, -0.2) is 39.1 Å². The number of amides is 2. The van der Waals surface area contributed by atoms with E-state index in [4.69, 9.17) is 0 Å². The van der Waals surface area contributed by atoms with Crippen LogP contribution in [0.5, 0.6) is 0 Å². The predicted octanol–water partition coefficient (Wildman–Crippen LogP) is 4.80. The maximum atomic E-state index is 14.1. The van der Waals surface area contributed by atoms with Gasteiger partial charge >= 0.3 is 0 Å². The van der Waals surface area contributed by atoms with Crippen molar-refractivity contribution < 1.29 is 14.0 Å². The lowest BCUT2D eigenvalue weighted by Gasteiger charge is -2.26. The smallest absolute Gasteiger partial charge is 0.257 e. The van der Waals surface area contributed by atoms with Crippen LogP contribution in [0.4, 0.5) is 10.2 Å². The number of benzene rings is 2. The third-order valence-corrected chi connectivity index (χ3v) is 5.05. The van der Waals surface area contributed by atoms with Crippen molar-refractivity contribution >= 4 is 17.6 Å². The number of anilines is 1. The Morgan fingerprint density at radius 3 is 2.28 bits per heavy atom. The Morgan fingerprint density at radius 2 is 1.69 bits per heavy atom. The molecule has 2 aromatic carbocycles. The molecule has 0 atom stereocenters. The highest BCUT2D eigenvalue weighted by Crippen LogP contribution is 2.26. The zero-order valence-corrected chi connectivity index (χ0v) is 19.1. The maximum Gasteiger partial charge on any atom is 0.257 e. The molecule has 168 valence electrons. The van der Waals surface area contributed by atoms with Gasteiger partial charge in [-0.25, -0.2) is 9.07 Å². The highest BCUT2D eigenvalue weighted by molar-refractivity contribution is 5.99. The average molecular weight is 437 g/mol. The molecule has 32 heavy (non-hydrogen) atoms. The van der Waals surface area contributed by atoms with Crippen LogP contribution in [0.15, 0.2) is 60.7 Å². The molecule has 7 heteroatoms. The number of carbonyl (C=O) groups excluding carboxylic acids is 2. The average Bonchev–Trinajstić information content (AvgIpc) is 3.16. The van der Waals surface area contributed by atoms with Crippen LogP contribution in [0.25, 0.3) is 5.69 Å². The summed E-state index contributed by atoms with van der Waals surface area (Å²) < 4.78 is 15.8. The fraction of sp³-hybridized carbons (Fsp3) is 0.320. The predicted molar refractivity (Wildman–Crippen MR) is 123 cm³/mol. The molecule has 0 unspecified atom stereocenters. The Bertz CT molecular complexity index is 1100. The van der Waals surface area contributed by atoms with Gasteiger partial charge in [0.2, 0.25) is 5.91 Å². The van der Waals surface area contributed by atoms with Crippen LogP contribution in [-0.2, 0) is 10.2 Å². The van der Waals surface area contributed by atoms with Crippen LogP contribution >= 0.6 is 0 Å². The highest BCUT2D eigenvalue weighted by atomic mass is 19.1. The summed E-state index contributed by atoms with van der Waals surface area (Å²) in [4.78, 5) is 27.2. The third-order valence-electron chi connectivity index (χ3n) is 5.05. The zero-order chi connectivity index (χ0) is 23.5. The van der Waals surface area contributed by atoms with E-state index in [9.17, 15) is 14.0 Å². The van der Waals surface area contributed by atoms with E-state index in [0.717, 1.165) is 11.4 Å². The molecule has 3 rings (SSSR count). The van der Waals surface area contributed by atoms with E-state index in [1.807, 2.05) is 57.2 Å². The Morgan fingerprint density at radius 1 is 1.06 bits per heavy atom. The third kappa shape index (κ3) is 5.22. The number of halogens is 1. The topological polar surface area (TPSA) is 67.2 Å². The van der Waals surface area contributed by atoms with Crippen LogP contribution in [0.3, 0.4) is 0 Å². The summed E-state index contributed by atoms with van der Waals surface area (Å²) in [6.07, 6.45) is 0. The quantitative estimate of drug-likeness (QED) is 0.604. The molecule has 0 radical (unpaired) electrons. The molecule has 2 amide bonds. The van der Waals surface area contributed by atoms with Gasteiger partial charge in [-0.05, 0) is 38.1 Å². The van der Waals surface area contributed by atoms with Crippen LogP contribution in [0, 0.1) is 5.82 Å². The second-order valence-electron chi connectivity index (χ2n) is 8.97. The second kappa shape index (κ2) is 9.34. The highest BCUT2D eigenvalue weighted by Gasteiger charge is 2.25. The van der Waals surface area contributed by atoms with Crippen molar-refractivity contribution in [1.29, 1.82) is 0 Å². The number of aromatic nitrogens is 2. The molecule has 0 aliphatic heterocycles. The normalized spacial score (nSPS) is 11.5. The molecule has 3 aromatic rings. The lowest BCUT2D eigenvalue weighted by atomic mass is 9.92. The lowest BCUT2D eigenvalue weighted by molar-refractivity contribution is -0.117. The molecule has 0 spiro atoms. The van der Waals surface area contributed by atoms with E-state index in [0.29, 0.717) is 5.82 Å². The second-order valence-corrected chi connectivity index (χ2v) is 8.97. The van der Waals surface area contributed by atoms with Gasteiger partial charge in [0.25, 0.3) is 5.91 Å². The monoisotopic (exact) mass is 436 g/mol. The summed E-state index contributed by atoms with van der Waals surface area (Å²) in [6.45, 7) is 9.50. The van der Waals surface area contributed by atoms with E-state index in [1.54, 1.807) is 24.6 Å². The summed E-state index contributed by atoms with van der Waals surface area (Å²) in [7, 11) is 0. The molecule has 0 saturated carbocycles. The molecule has 0 aliphatic rings. The SMILES string of the molecule is CC(C)N(CC(=O)Nc1cc(C(C)(C)C)nn1-c1ccccc1)C(=O)c1ccccc1F. The molecule has 0 saturated heterocycles. The van der Waals surface area contributed by atoms with Crippen LogP contribution < -0.4 is 5.32 Å². The van der Waals surface area contributed by atoms with Crippen molar-refractivity contribution in [3.8, 4) is 5.69 Å². The fourth-order valence-electron chi connectivity index (χ4n) is 3.22. The first-order valence-electron chi connectivity index (χ1n) is 10.6. The number of hydrogen-bond donors (Lipinski definition) is 1. The Labute approximate surface area is 188 Å². The van der Waals surface area contributed by atoms with Crippen molar-refractivity contribution in [3.63, 3.8) is 0 Å². The Hall–Kier alpha value is -3.48. The lowest BCUT2D eigenvalue weighted by Crippen LogP contribution is -2.42. The van der Waals surface area contributed by atoms with E-state index in [1.165, 1.54) is 23.1 Å². The number of carbonyl (C=O) groups is 2. The summed E-state index contributed by atoms with van der Waals surface area (Å²) >= 11 is 0. The van der Waals surface area contributed by atoms with Gasteiger partial charge in [-0.15, -0.1) is 0 Å². The minimum atomic E-state index is -0.611. The zero-order valence-electron chi connectivity index (χ0n) is 19.1. The van der Waals surface area contributed by atoms with E-state index < -0.39 is 11.7 Å². The van der Waals surface area contributed by atoms with Crippen molar-refractivity contribution in [2.45, 2.75) is 46.1 Å². The number of hydrogen-bond acceptors (Lipinski definition) is 3. The summed E-state index contributed by atoms with van der Waals surface area (Å²) in [5.41, 5.74) is 1.35. The number of nitrogens with one attached hydrogen (secondary N) is 1.